The summed E-state index contributed by atoms with van der Waals surface area (Å²) in [6.45, 7) is 4.49. The van der Waals surface area contributed by atoms with E-state index in [1.165, 1.54) is 0 Å². The van der Waals surface area contributed by atoms with Gasteiger partial charge in [0.1, 0.15) is 0 Å². The van der Waals surface area contributed by atoms with Gasteiger partial charge < -0.3 is 15.3 Å². The summed E-state index contributed by atoms with van der Waals surface area (Å²) >= 11 is 5.85. The van der Waals surface area contributed by atoms with Gasteiger partial charge in [-0.3, -0.25) is 4.99 Å². The van der Waals surface area contributed by atoms with Gasteiger partial charge in [-0.05, 0) is 31.5 Å². The fraction of sp³-hybridized carbons (Fsp3) is 0.562. The standard InChI is InChI=1S/C16H24ClN3O3S.HI/c1-16(2)11-20(8-9-24(16,22)23)15(18-3)19-10-14(21)12-4-6-13(17)7-5-12;/h4-7,14,21H,8-11H2,1-3H3,(H,18,19);1H. The summed E-state index contributed by atoms with van der Waals surface area (Å²) in [5.74, 6) is 0.687. The molecule has 1 aliphatic heterocycles. The molecule has 0 aliphatic carbocycles. The van der Waals surface area contributed by atoms with Gasteiger partial charge >= 0.3 is 0 Å². The molecule has 2 rings (SSSR count). The third-order valence-corrected chi connectivity index (χ3v) is 7.05. The fourth-order valence-corrected chi connectivity index (χ4v) is 4.14. The van der Waals surface area contributed by atoms with Crippen LogP contribution in [0.2, 0.25) is 5.02 Å². The van der Waals surface area contributed by atoms with Crippen molar-refractivity contribution in [1.82, 2.24) is 10.2 Å². The molecule has 0 bridgehead atoms. The Bertz CT molecular complexity index is 708. The Balaban J connectivity index is 0.00000312. The van der Waals surface area contributed by atoms with E-state index in [9.17, 15) is 13.5 Å². The molecule has 1 saturated heterocycles. The molecule has 1 heterocycles. The number of halogens is 2. The highest BCUT2D eigenvalue weighted by atomic mass is 127. The number of benzene rings is 1. The van der Waals surface area contributed by atoms with E-state index in [2.05, 4.69) is 10.3 Å². The van der Waals surface area contributed by atoms with E-state index in [4.69, 9.17) is 11.6 Å². The summed E-state index contributed by atoms with van der Waals surface area (Å²) < 4.78 is 23.4. The molecule has 1 aliphatic rings. The third-order valence-electron chi connectivity index (χ3n) is 4.26. The first-order chi connectivity index (χ1) is 11.2. The summed E-state index contributed by atoms with van der Waals surface area (Å²) in [5.41, 5.74) is 0.754. The largest absolute Gasteiger partial charge is 0.387 e. The quantitative estimate of drug-likeness (QED) is 0.376. The molecule has 6 nitrogen and oxygen atoms in total. The van der Waals surface area contributed by atoms with Crippen LogP contribution in [0.3, 0.4) is 0 Å². The molecule has 0 amide bonds. The van der Waals surface area contributed by atoms with E-state index in [-0.39, 0.29) is 36.3 Å². The summed E-state index contributed by atoms with van der Waals surface area (Å²) in [6, 6.07) is 7.00. The lowest BCUT2D eigenvalue weighted by molar-refractivity contribution is 0.179. The lowest BCUT2D eigenvalue weighted by Gasteiger charge is -2.39. The maximum atomic E-state index is 12.1. The zero-order chi connectivity index (χ0) is 18.0. The smallest absolute Gasteiger partial charge is 0.193 e. The molecule has 1 atom stereocenters. The van der Waals surface area contributed by atoms with E-state index in [1.54, 1.807) is 45.2 Å². The van der Waals surface area contributed by atoms with Crippen LogP contribution in [0.5, 0.6) is 0 Å². The molecule has 9 heteroatoms. The minimum atomic E-state index is -3.10. The molecule has 0 saturated carbocycles. The molecule has 1 fully saturated rings. The Hall–Kier alpha value is -0.580. The molecule has 25 heavy (non-hydrogen) atoms. The van der Waals surface area contributed by atoms with Gasteiger partial charge in [0.15, 0.2) is 15.8 Å². The second-order valence-electron chi connectivity index (χ2n) is 6.50. The lowest BCUT2D eigenvalue weighted by atomic mass is 10.1. The van der Waals surface area contributed by atoms with Crippen LogP contribution in [0.25, 0.3) is 0 Å². The highest BCUT2D eigenvalue weighted by Gasteiger charge is 2.40. The van der Waals surface area contributed by atoms with Crippen LogP contribution >= 0.6 is 35.6 Å². The van der Waals surface area contributed by atoms with Gasteiger partial charge in [0, 0.05) is 31.7 Å². The molecular weight excluding hydrogens is 477 g/mol. The van der Waals surface area contributed by atoms with Crippen molar-refractivity contribution in [3.8, 4) is 0 Å². The van der Waals surface area contributed by atoms with E-state index in [0.717, 1.165) is 5.56 Å². The molecule has 2 N–H and O–H groups in total. The number of aliphatic imine (C=N–C) groups is 1. The molecule has 0 radical (unpaired) electrons. The molecule has 1 aromatic rings. The van der Waals surface area contributed by atoms with Crippen LogP contribution < -0.4 is 5.32 Å². The first-order valence-corrected chi connectivity index (χ1v) is 9.81. The average molecular weight is 502 g/mol. The topological polar surface area (TPSA) is 82.0 Å². The highest BCUT2D eigenvalue weighted by Crippen LogP contribution is 2.24. The predicted octanol–water partition coefficient (Wildman–Crippen LogP) is 2.08. The van der Waals surface area contributed by atoms with Crippen molar-refractivity contribution in [2.45, 2.75) is 24.7 Å². The predicted molar refractivity (Wildman–Crippen MR) is 113 cm³/mol. The Morgan fingerprint density at radius 1 is 1.40 bits per heavy atom. The number of nitrogens with one attached hydrogen (secondary N) is 1. The minimum absolute atomic E-state index is 0. The van der Waals surface area contributed by atoms with Crippen molar-refractivity contribution in [3.63, 3.8) is 0 Å². The van der Waals surface area contributed by atoms with Crippen LogP contribution in [0.1, 0.15) is 25.5 Å². The normalized spacial score (nSPS) is 20.5. The van der Waals surface area contributed by atoms with Crippen LogP contribution in [0.15, 0.2) is 29.3 Å². The number of aliphatic hydroxyl groups is 1. The van der Waals surface area contributed by atoms with Crippen LogP contribution in [0.4, 0.5) is 0 Å². The maximum Gasteiger partial charge on any atom is 0.193 e. The molecular formula is C16H25ClIN3O3S. The van der Waals surface area contributed by atoms with Gasteiger partial charge in [-0.25, -0.2) is 8.42 Å². The second-order valence-corrected chi connectivity index (χ2v) is 9.67. The van der Waals surface area contributed by atoms with Crippen LogP contribution in [-0.2, 0) is 9.84 Å². The van der Waals surface area contributed by atoms with E-state index < -0.39 is 20.7 Å². The number of hydrogen-bond donors (Lipinski definition) is 2. The Kier molecular flexibility index (Phi) is 7.97. The zero-order valence-corrected chi connectivity index (χ0v) is 18.5. The highest BCUT2D eigenvalue weighted by molar-refractivity contribution is 14.0. The van der Waals surface area contributed by atoms with Crippen molar-refractivity contribution in [2.75, 3.05) is 32.4 Å². The Morgan fingerprint density at radius 2 is 2.00 bits per heavy atom. The summed E-state index contributed by atoms with van der Waals surface area (Å²) in [4.78, 5) is 6.12. The third kappa shape index (κ3) is 5.45. The van der Waals surface area contributed by atoms with Gasteiger partial charge in [0.05, 0.1) is 16.6 Å². The first-order valence-electron chi connectivity index (χ1n) is 7.78. The number of sulfone groups is 1. The first kappa shape index (κ1) is 22.5. The number of hydrogen-bond acceptors (Lipinski definition) is 4. The van der Waals surface area contributed by atoms with Crippen molar-refractivity contribution < 1.29 is 13.5 Å². The minimum Gasteiger partial charge on any atom is -0.387 e. The molecule has 1 aromatic carbocycles. The number of rotatable bonds is 3. The molecule has 1 unspecified atom stereocenters. The van der Waals surface area contributed by atoms with Crippen molar-refractivity contribution in [1.29, 1.82) is 0 Å². The van der Waals surface area contributed by atoms with E-state index >= 15 is 0 Å². The molecule has 0 aromatic heterocycles. The van der Waals surface area contributed by atoms with Gasteiger partial charge in [0.2, 0.25) is 0 Å². The SMILES string of the molecule is CN=C(NCC(O)c1ccc(Cl)cc1)N1CCS(=O)(=O)C(C)(C)C1.I. The van der Waals surface area contributed by atoms with E-state index in [1.807, 2.05) is 4.90 Å². The van der Waals surface area contributed by atoms with E-state index in [0.29, 0.717) is 24.1 Å². The van der Waals surface area contributed by atoms with Gasteiger partial charge in [-0.1, -0.05) is 23.7 Å². The number of aliphatic hydroxyl groups excluding tert-OH is 1. The van der Waals surface area contributed by atoms with Crippen LogP contribution in [-0.4, -0.2) is 61.6 Å². The summed E-state index contributed by atoms with van der Waals surface area (Å²) in [6.07, 6.45) is -0.708. The fourth-order valence-electron chi connectivity index (χ4n) is 2.65. The monoisotopic (exact) mass is 501 g/mol. The average Bonchev–Trinajstić information content (AvgIpc) is 2.51. The van der Waals surface area contributed by atoms with Gasteiger partial charge in [-0.2, -0.15) is 0 Å². The van der Waals surface area contributed by atoms with Crippen molar-refractivity contribution in [2.24, 2.45) is 4.99 Å². The van der Waals surface area contributed by atoms with Gasteiger partial charge in [-0.15, -0.1) is 24.0 Å². The lowest BCUT2D eigenvalue weighted by Crippen LogP contribution is -2.57. The van der Waals surface area contributed by atoms with Crippen LogP contribution in [0, 0.1) is 0 Å². The molecule has 0 spiro atoms. The number of nitrogens with zero attached hydrogens (tertiary/aromatic N) is 2. The Labute approximate surface area is 171 Å². The van der Waals surface area contributed by atoms with Crippen molar-refractivity contribution in [3.05, 3.63) is 34.9 Å². The van der Waals surface area contributed by atoms with Crippen molar-refractivity contribution >= 4 is 51.4 Å². The molecule has 142 valence electrons. The summed E-state index contributed by atoms with van der Waals surface area (Å²) in [7, 11) is -1.45. The van der Waals surface area contributed by atoms with Gasteiger partial charge in [0.25, 0.3) is 0 Å². The second kappa shape index (κ2) is 8.88. The zero-order valence-electron chi connectivity index (χ0n) is 14.6. The number of guanidine groups is 1. The Morgan fingerprint density at radius 3 is 2.52 bits per heavy atom. The summed E-state index contributed by atoms with van der Waals surface area (Å²) in [5, 5.41) is 14.0. The maximum absolute atomic E-state index is 12.1.